The molecule has 234 valence electrons. The highest BCUT2D eigenvalue weighted by Gasteiger charge is 2.33. The molecule has 0 radical (unpaired) electrons. The maximum absolute atomic E-state index is 13.6. The van der Waals surface area contributed by atoms with E-state index < -0.39 is 60.2 Å². The third-order valence-corrected chi connectivity index (χ3v) is 7.79. The van der Waals surface area contributed by atoms with Gasteiger partial charge in [-0.3, -0.25) is 28.8 Å². The number of amides is 6. The zero-order valence-electron chi connectivity index (χ0n) is 25.0. The number of carbonyl (C=O) groups excluding carboxylic acids is 6. The Labute approximate surface area is 255 Å². The van der Waals surface area contributed by atoms with Crippen molar-refractivity contribution in [1.82, 2.24) is 31.6 Å². The summed E-state index contributed by atoms with van der Waals surface area (Å²) in [4.78, 5) is 79.8. The molecule has 14 heteroatoms. The van der Waals surface area contributed by atoms with Crippen molar-refractivity contribution in [3.8, 4) is 0 Å². The Morgan fingerprint density at radius 2 is 1.67 bits per heavy atom. The molecule has 2 aliphatic heterocycles. The van der Waals surface area contributed by atoms with E-state index in [0.29, 0.717) is 18.6 Å². The lowest BCUT2D eigenvalue weighted by Gasteiger charge is -2.30. The van der Waals surface area contributed by atoms with Gasteiger partial charge in [-0.2, -0.15) is 16.9 Å². The molecule has 1 saturated heterocycles. The molecule has 1 aromatic rings. The van der Waals surface area contributed by atoms with Gasteiger partial charge in [0.15, 0.2) is 0 Å². The number of thioether (sulfide) groups is 1. The fourth-order valence-electron chi connectivity index (χ4n) is 4.76. The van der Waals surface area contributed by atoms with Crippen molar-refractivity contribution in [1.29, 1.82) is 0 Å². The highest BCUT2D eigenvalue weighted by molar-refractivity contribution is 7.98. The van der Waals surface area contributed by atoms with Gasteiger partial charge < -0.3 is 26.2 Å². The number of hydrogen-bond donors (Lipinski definition) is 5. The van der Waals surface area contributed by atoms with Crippen molar-refractivity contribution in [3.05, 3.63) is 35.9 Å². The smallest absolute Gasteiger partial charge is 0.270 e. The van der Waals surface area contributed by atoms with Crippen LogP contribution in [0.15, 0.2) is 35.4 Å². The summed E-state index contributed by atoms with van der Waals surface area (Å²) in [6.07, 6.45) is 2.69. The van der Waals surface area contributed by atoms with Gasteiger partial charge >= 0.3 is 0 Å². The first kappa shape index (κ1) is 33.6. The van der Waals surface area contributed by atoms with Gasteiger partial charge in [0.25, 0.3) is 5.91 Å². The van der Waals surface area contributed by atoms with Gasteiger partial charge in [-0.1, -0.05) is 44.2 Å². The molecule has 1 fully saturated rings. The van der Waals surface area contributed by atoms with E-state index in [1.807, 2.05) is 36.6 Å². The number of hydrogen-bond acceptors (Lipinski definition) is 8. The topological polar surface area (TPSA) is 178 Å². The van der Waals surface area contributed by atoms with Crippen molar-refractivity contribution in [2.75, 3.05) is 25.1 Å². The van der Waals surface area contributed by atoms with Crippen molar-refractivity contribution < 1.29 is 28.8 Å². The molecule has 43 heavy (non-hydrogen) atoms. The number of rotatable bonds is 7. The van der Waals surface area contributed by atoms with Gasteiger partial charge in [0.1, 0.15) is 23.8 Å². The molecule has 4 atom stereocenters. The number of nitrogens with zero attached hydrogens (tertiary/aromatic N) is 2. The van der Waals surface area contributed by atoms with E-state index in [0.717, 1.165) is 5.56 Å². The minimum absolute atomic E-state index is 0.0688. The zero-order valence-corrected chi connectivity index (χ0v) is 25.8. The molecule has 1 aromatic carbocycles. The van der Waals surface area contributed by atoms with Crippen LogP contribution in [0.2, 0.25) is 0 Å². The van der Waals surface area contributed by atoms with Crippen LogP contribution < -0.4 is 26.7 Å². The van der Waals surface area contributed by atoms with Gasteiger partial charge in [-0.15, -0.1) is 0 Å². The molecule has 0 spiro atoms. The fourth-order valence-corrected chi connectivity index (χ4v) is 5.23. The van der Waals surface area contributed by atoms with Crippen LogP contribution >= 0.6 is 11.8 Å². The first-order valence-electron chi connectivity index (χ1n) is 14.4. The highest BCUT2D eigenvalue weighted by atomic mass is 32.2. The average molecular weight is 616 g/mol. The minimum Gasteiger partial charge on any atom is -0.349 e. The molecule has 0 saturated carbocycles. The predicted octanol–water partition coefficient (Wildman–Crippen LogP) is -0.294. The number of hydrazone groups is 1. The predicted molar refractivity (Wildman–Crippen MR) is 163 cm³/mol. The molecule has 3 rings (SSSR count). The van der Waals surface area contributed by atoms with Crippen LogP contribution in [0, 0.1) is 5.92 Å². The number of carbonyl (C=O) groups is 6. The van der Waals surface area contributed by atoms with E-state index in [1.54, 1.807) is 20.8 Å². The van der Waals surface area contributed by atoms with Crippen LogP contribution in [0.1, 0.15) is 45.6 Å². The summed E-state index contributed by atoms with van der Waals surface area (Å²) in [7, 11) is 0. The summed E-state index contributed by atoms with van der Waals surface area (Å²) in [5.41, 5.74) is 3.26. The van der Waals surface area contributed by atoms with Crippen LogP contribution in [0.5, 0.6) is 0 Å². The Morgan fingerprint density at radius 3 is 2.30 bits per heavy atom. The Balaban J connectivity index is 1.99. The Bertz CT molecular complexity index is 1220. The largest absolute Gasteiger partial charge is 0.349 e. The van der Waals surface area contributed by atoms with Crippen LogP contribution in [-0.4, -0.2) is 95.3 Å². The van der Waals surface area contributed by atoms with Crippen molar-refractivity contribution in [2.24, 2.45) is 11.0 Å². The number of nitrogens with one attached hydrogen (secondary N) is 5. The highest BCUT2D eigenvalue weighted by Crippen LogP contribution is 2.11. The molecule has 2 heterocycles. The second kappa shape index (κ2) is 16.1. The average Bonchev–Trinajstić information content (AvgIpc) is 2.97. The van der Waals surface area contributed by atoms with Crippen molar-refractivity contribution in [2.45, 2.75) is 70.6 Å². The van der Waals surface area contributed by atoms with Crippen LogP contribution in [0.25, 0.3) is 0 Å². The Hall–Kier alpha value is -3.94. The van der Waals surface area contributed by atoms with Crippen molar-refractivity contribution in [3.63, 3.8) is 0 Å². The first-order chi connectivity index (χ1) is 20.5. The molecule has 0 unspecified atom stereocenters. The van der Waals surface area contributed by atoms with Crippen LogP contribution in [0.4, 0.5) is 0 Å². The normalized spacial score (nSPS) is 24.4. The van der Waals surface area contributed by atoms with E-state index in [4.69, 9.17) is 0 Å². The Kier molecular flexibility index (Phi) is 12.5. The molecule has 2 aliphatic rings. The zero-order chi connectivity index (χ0) is 31.5. The van der Waals surface area contributed by atoms with E-state index in [-0.39, 0.29) is 36.9 Å². The summed E-state index contributed by atoms with van der Waals surface area (Å²) in [6.45, 7) is 4.57. The maximum atomic E-state index is 13.6. The third kappa shape index (κ3) is 10.1. The SMILES string of the molecule is CSCC[C@@H]1NC(=O)[C@H](C(C)C)NC(=O)CN(C(=O)C2=NNC(=O)CC2)C[C@@H](Cc2ccccc2)NC(=O)[C@H](C)NC1=O. The lowest BCUT2D eigenvalue weighted by Crippen LogP contribution is -2.57. The monoisotopic (exact) mass is 615 g/mol. The van der Waals surface area contributed by atoms with Gasteiger partial charge in [0.2, 0.25) is 29.5 Å². The molecular weight excluding hydrogens is 574 g/mol. The minimum atomic E-state index is -0.984. The van der Waals surface area contributed by atoms with Gasteiger partial charge in [0, 0.05) is 19.4 Å². The second-order valence-corrected chi connectivity index (χ2v) is 12.0. The second-order valence-electron chi connectivity index (χ2n) is 11.0. The maximum Gasteiger partial charge on any atom is 0.270 e. The summed E-state index contributed by atoms with van der Waals surface area (Å²) in [5.74, 6) is -2.79. The molecule has 0 aliphatic carbocycles. The van der Waals surface area contributed by atoms with E-state index in [2.05, 4.69) is 31.8 Å². The van der Waals surface area contributed by atoms with E-state index in [9.17, 15) is 28.8 Å². The molecule has 13 nitrogen and oxygen atoms in total. The molecule has 5 N–H and O–H groups in total. The summed E-state index contributed by atoms with van der Waals surface area (Å²) < 4.78 is 0. The fraction of sp³-hybridized carbons (Fsp3) is 0.552. The lowest BCUT2D eigenvalue weighted by atomic mass is 10.0. The molecule has 0 bridgehead atoms. The summed E-state index contributed by atoms with van der Waals surface area (Å²) >= 11 is 1.51. The van der Waals surface area contributed by atoms with Crippen molar-refractivity contribution >= 4 is 52.9 Å². The lowest BCUT2D eigenvalue weighted by molar-refractivity contribution is -0.135. The number of benzene rings is 1. The summed E-state index contributed by atoms with van der Waals surface area (Å²) in [6, 6.07) is 5.83. The van der Waals surface area contributed by atoms with Gasteiger partial charge in [-0.25, -0.2) is 5.43 Å². The Morgan fingerprint density at radius 1 is 0.953 bits per heavy atom. The van der Waals surface area contributed by atoms with Crippen LogP contribution in [-0.2, 0) is 35.2 Å². The van der Waals surface area contributed by atoms with E-state index in [1.165, 1.54) is 16.7 Å². The van der Waals surface area contributed by atoms with Crippen LogP contribution in [0.3, 0.4) is 0 Å². The molecule has 6 amide bonds. The van der Waals surface area contributed by atoms with E-state index >= 15 is 0 Å². The third-order valence-electron chi connectivity index (χ3n) is 7.15. The quantitative estimate of drug-likeness (QED) is 0.280. The first-order valence-corrected chi connectivity index (χ1v) is 15.8. The molecular formula is C29H41N7O6S. The van der Waals surface area contributed by atoms with Gasteiger partial charge in [0.05, 0.1) is 12.6 Å². The molecule has 0 aromatic heterocycles. The van der Waals surface area contributed by atoms with Gasteiger partial charge in [-0.05, 0) is 43.3 Å². The summed E-state index contributed by atoms with van der Waals surface area (Å²) in [5, 5.41) is 15.0. The standard InChI is InChI=1S/C29H41N7O6S/c1-17(2)25-28(41)32-21(12-13-43-4)27(40)30-18(3)26(39)31-20(14-19-8-6-5-7-9-19)15-36(16-24(38)33-25)29(42)22-10-11-23(37)35-34-22/h5-9,17-18,20-21,25H,10-16H2,1-4H3,(H,30,40)(H,31,39)(H,32,41)(H,33,38)(H,35,37)/t18-,20+,21-,25-/m0/s1.